The summed E-state index contributed by atoms with van der Waals surface area (Å²) < 4.78 is 5.78. The van der Waals surface area contributed by atoms with Crippen molar-refractivity contribution in [1.29, 1.82) is 0 Å². The molecule has 1 fully saturated rings. The van der Waals surface area contributed by atoms with Crippen molar-refractivity contribution in [3.05, 3.63) is 29.8 Å². The van der Waals surface area contributed by atoms with Crippen LogP contribution in [0, 0.1) is 17.8 Å². The molecule has 2 heteroatoms. The molecule has 1 aliphatic rings. The quantitative estimate of drug-likeness (QED) is 0.825. The summed E-state index contributed by atoms with van der Waals surface area (Å²) in [5, 5.41) is 8.64. The lowest BCUT2D eigenvalue weighted by atomic mass is 10.1. The minimum atomic E-state index is 0.121. The second-order valence-electron chi connectivity index (χ2n) is 4.76. The van der Waals surface area contributed by atoms with E-state index in [0.717, 1.165) is 23.8 Å². The minimum Gasteiger partial charge on any atom is -0.493 e. The molecule has 0 aromatic heterocycles. The lowest BCUT2D eigenvalue weighted by Gasteiger charge is -2.11. The molecule has 2 rings (SSSR count). The zero-order valence-corrected chi connectivity index (χ0v) is 10.7. The highest BCUT2D eigenvalue weighted by molar-refractivity contribution is 5.38. The summed E-state index contributed by atoms with van der Waals surface area (Å²) in [4.78, 5) is 0. The van der Waals surface area contributed by atoms with E-state index in [0.29, 0.717) is 6.42 Å². The number of hydrogen-bond donors (Lipinski definition) is 1. The van der Waals surface area contributed by atoms with Crippen molar-refractivity contribution in [2.45, 2.75) is 32.1 Å². The zero-order chi connectivity index (χ0) is 12.6. The molecule has 0 unspecified atom stereocenters. The summed E-state index contributed by atoms with van der Waals surface area (Å²) in [6.07, 6.45) is 5.86. The van der Waals surface area contributed by atoms with Gasteiger partial charge in [0.2, 0.25) is 0 Å². The maximum atomic E-state index is 8.64. The summed E-state index contributed by atoms with van der Waals surface area (Å²) in [5.41, 5.74) is 0.969. The van der Waals surface area contributed by atoms with E-state index >= 15 is 0 Å². The molecule has 1 saturated carbocycles. The van der Waals surface area contributed by atoms with Gasteiger partial charge in [-0.1, -0.05) is 24.7 Å². The van der Waals surface area contributed by atoms with Gasteiger partial charge in [-0.25, -0.2) is 0 Å². The Morgan fingerprint density at radius 1 is 1.17 bits per heavy atom. The standard InChI is InChI=1S/C16H20O2/c17-12-4-3-5-14-8-10-16(11-9-14)18-13-15-6-1-2-7-15/h8-11,15,17H,1-2,4,6-7,12-13H2. The van der Waals surface area contributed by atoms with Crippen LogP contribution in [0.5, 0.6) is 5.75 Å². The molecule has 0 aliphatic heterocycles. The second kappa shape index (κ2) is 7.08. The van der Waals surface area contributed by atoms with E-state index in [-0.39, 0.29) is 6.61 Å². The number of rotatable bonds is 4. The zero-order valence-electron chi connectivity index (χ0n) is 10.7. The van der Waals surface area contributed by atoms with Gasteiger partial charge in [-0.3, -0.25) is 0 Å². The van der Waals surface area contributed by atoms with E-state index in [2.05, 4.69) is 11.8 Å². The van der Waals surface area contributed by atoms with Gasteiger partial charge in [0.1, 0.15) is 5.75 Å². The summed E-state index contributed by atoms with van der Waals surface area (Å²) >= 11 is 0. The van der Waals surface area contributed by atoms with Crippen molar-refractivity contribution in [3.8, 4) is 17.6 Å². The Morgan fingerprint density at radius 3 is 2.56 bits per heavy atom. The van der Waals surface area contributed by atoms with Gasteiger partial charge in [-0.2, -0.15) is 0 Å². The Hall–Kier alpha value is -1.46. The van der Waals surface area contributed by atoms with Crippen molar-refractivity contribution in [2.24, 2.45) is 5.92 Å². The molecule has 0 atom stereocenters. The summed E-state index contributed by atoms with van der Waals surface area (Å²) in [5.74, 6) is 7.58. The summed E-state index contributed by atoms with van der Waals surface area (Å²) in [6, 6.07) is 7.87. The summed E-state index contributed by atoms with van der Waals surface area (Å²) in [7, 11) is 0. The fraction of sp³-hybridized carbons (Fsp3) is 0.500. The molecule has 2 nitrogen and oxygen atoms in total. The van der Waals surface area contributed by atoms with Crippen LogP contribution in [0.1, 0.15) is 37.7 Å². The lowest BCUT2D eigenvalue weighted by molar-refractivity contribution is 0.252. The molecule has 1 aliphatic carbocycles. The van der Waals surface area contributed by atoms with Crippen LogP contribution < -0.4 is 4.74 Å². The number of benzene rings is 1. The first-order valence-electron chi connectivity index (χ1n) is 6.71. The van der Waals surface area contributed by atoms with Crippen molar-refractivity contribution >= 4 is 0 Å². The molecule has 0 amide bonds. The maximum absolute atomic E-state index is 8.64. The van der Waals surface area contributed by atoms with Crippen LogP contribution in [-0.4, -0.2) is 18.3 Å². The van der Waals surface area contributed by atoms with Crippen molar-refractivity contribution in [2.75, 3.05) is 13.2 Å². The van der Waals surface area contributed by atoms with Gasteiger partial charge < -0.3 is 9.84 Å². The highest BCUT2D eigenvalue weighted by atomic mass is 16.5. The highest BCUT2D eigenvalue weighted by Crippen LogP contribution is 2.25. The van der Waals surface area contributed by atoms with Gasteiger partial charge in [0.15, 0.2) is 0 Å². The molecule has 1 aromatic rings. The third-order valence-electron chi connectivity index (χ3n) is 3.28. The molecular weight excluding hydrogens is 224 g/mol. The van der Waals surface area contributed by atoms with Crippen LogP contribution in [0.2, 0.25) is 0 Å². The third kappa shape index (κ3) is 4.09. The molecule has 96 valence electrons. The molecule has 1 N–H and O–H groups in total. The number of aliphatic hydroxyl groups is 1. The van der Waals surface area contributed by atoms with Crippen molar-refractivity contribution in [1.82, 2.24) is 0 Å². The smallest absolute Gasteiger partial charge is 0.119 e. The molecule has 0 heterocycles. The SMILES string of the molecule is OCCC#Cc1ccc(OCC2CCCC2)cc1. The second-order valence-corrected chi connectivity index (χ2v) is 4.76. The summed E-state index contributed by atoms with van der Waals surface area (Å²) in [6.45, 7) is 0.963. The van der Waals surface area contributed by atoms with Crippen LogP contribution in [0.15, 0.2) is 24.3 Å². The first-order valence-corrected chi connectivity index (χ1v) is 6.71. The number of ether oxygens (including phenoxy) is 1. The molecule has 1 aromatic carbocycles. The van der Waals surface area contributed by atoms with Crippen LogP contribution in [0.4, 0.5) is 0 Å². The molecule has 0 spiro atoms. The highest BCUT2D eigenvalue weighted by Gasteiger charge is 2.15. The van der Waals surface area contributed by atoms with Crippen LogP contribution >= 0.6 is 0 Å². The Balaban J connectivity index is 1.81. The van der Waals surface area contributed by atoms with E-state index in [4.69, 9.17) is 9.84 Å². The van der Waals surface area contributed by atoms with Gasteiger partial charge in [0, 0.05) is 12.0 Å². The average molecular weight is 244 g/mol. The van der Waals surface area contributed by atoms with E-state index in [9.17, 15) is 0 Å². The predicted molar refractivity (Wildman–Crippen MR) is 72.5 cm³/mol. The molecule has 0 bridgehead atoms. The molecule has 0 saturated heterocycles. The molecular formula is C16H20O2. The topological polar surface area (TPSA) is 29.5 Å². The van der Waals surface area contributed by atoms with Gasteiger partial charge in [-0.15, -0.1) is 0 Å². The molecule has 18 heavy (non-hydrogen) atoms. The minimum absolute atomic E-state index is 0.121. The maximum Gasteiger partial charge on any atom is 0.119 e. The van der Waals surface area contributed by atoms with Gasteiger partial charge in [0.25, 0.3) is 0 Å². The first kappa shape index (κ1) is 13.0. The Kier molecular flexibility index (Phi) is 5.11. The fourth-order valence-corrected chi connectivity index (χ4v) is 2.25. The van der Waals surface area contributed by atoms with Gasteiger partial charge in [-0.05, 0) is 43.0 Å². The Morgan fingerprint density at radius 2 is 1.89 bits per heavy atom. The Labute approximate surface area is 109 Å². The van der Waals surface area contributed by atoms with Crippen molar-refractivity contribution < 1.29 is 9.84 Å². The van der Waals surface area contributed by atoms with Crippen molar-refractivity contribution in [3.63, 3.8) is 0 Å². The fourth-order valence-electron chi connectivity index (χ4n) is 2.25. The average Bonchev–Trinajstić information content (AvgIpc) is 2.91. The lowest BCUT2D eigenvalue weighted by Crippen LogP contribution is -2.07. The van der Waals surface area contributed by atoms with E-state index in [1.165, 1.54) is 25.7 Å². The number of aliphatic hydroxyl groups excluding tert-OH is 1. The normalized spacial score (nSPS) is 15.2. The molecule has 0 radical (unpaired) electrons. The van der Waals surface area contributed by atoms with E-state index in [1.54, 1.807) is 0 Å². The van der Waals surface area contributed by atoms with Gasteiger partial charge in [0.05, 0.1) is 13.2 Å². The number of hydrogen-bond acceptors (Lipinski definition) is 2. The third-order valence-corrected chi connectivity index (χ3v) is 3.28. The van der Waals surface area contributed by atoms with Crippen LogP contribution in [0.25, 0.3) is 0 Å². The van der Waals surface area contributed by atoms with E-state index in [1.807, 2.05) is 24.3 Å². The predicted octanol–water partition coefficient (Wildman–Crippen LogP) is 2.99. The van der Waals surface area contributed by atoms with Crippen LogP contribution in [-0.2, 0) is 0 Å². The van der Waals surface area contributed by atoms with Gasteiger partial charge >= 0.3 is 0 Å². The Bertz CT molecular complexity index is 405. The monoisotopic (exact) mass is 244 g/mol. The largest absolute Gasteiger partial charge is 0.493 e. The van der Waals surface area contributed by atoms with E-state index < -0.39 is 0 Å². The van der Waals surface area contributed by atoms with Crippen LogP contribution in [0.3, 0.4) is 0 Å². The first-order chi connectivity index (χ1) is 8.88.